The predicted molar refractivity (Wildman–Crippen MR) is 134 cm³/mol. The van der Waals surface area contributed by atoms with Crippen LogP contribution in [0, 0.1) is 0 Å². The van der Waals surface area contributed by atoms with E-state index in [0.717, 1.165) is 61.6 Å². The number of unbranched alkanes of at least 4 members (excludes halogenated alkanes) is 1. The Balaban J connectivity index is 1.62. The van der Waals surface area contributed by atoms with Crippen molar-refractivity contribution in [1.82, 2.24) is 9.88 Å². The van der Waals surface area contributed by atoms with E-state index in [1.165, 1.54) is 5.39 Å². The van der Waals surface area contributed by atoms with E-state index in [1.807, 2.05) is 31.2 Å². The number of likely N-dealkylation sites (N-methyl/N-ethyl adjacent to an activating group) is 1. The summed E-state index contributed by atoms with van der Waals surface area (Å²) in [5, 5.41) is 2.33. The van der Waals surface area contributed by atoms with E-state index in [2.05, 4.69) is 51.8 Å². The molecule has 2 aromatic carbocycles. The van der Waals surface area contributed by atoms with Crippen molar-refractivity contribution < 1.29 is 8.42 Å². The molecule has 0 aliphatic carbocycles. The summed E-state index contributed by atoms with van der Waals surface area (Å²) in [6.07, 6.45) is 1.51. The van der Waals surface area contributed by atoms with Crippen LogP contribution in [0.5, 0.6) is 0 Å². The molecule has 6 nitrogen and oxygen atoms in total. The molecule has 0 amide bonds. The first-order valence-corrected chi connectivity index (χ1v) is 13.1. The van der Waals surface area contributed by atoms with Gasteiger partial charge in [-0.1, -0.05) is 56.7 Å². The zero-order chi connectivity index (χ0) is 22.6. The van der Waals surface area contributed by atoms with Gasteiger partial charge in [0.1, 0.15) is 5.82 Å². The molecule has 32 heavy (non-hydrogen) atoms. The monoisotopic (exact) mass is 452 g/mol. The number of nitrogens with one attached hydrogen (secondary N) is 1. The maximum absolute atomic E-state index is 12.2. The van der Waals surface area contributed by atoms with Crippen molar-refractivity contribution >= 4 is 32.3 Å². The van der Waals surface area contributed by atoms with Crippen LogP contribution >= 0.6 is 0 Å². The normalized spacial score (nSPS) is 15.2. The van der Waals surface area contributed by atoms with Gasteiger partial charge in [-0.05, 0) is 36.6 Å². The van der Waals surface area contributed by atoms with E-state index in [1.54, 1.807) is 0 Å². The zero-order valence-corrected chi connectivity index (χ0v) is 19.7. The molecular formula is C25H32N4O2S. The van der Waals surface area contributed by atoms with Crippen molar-refractivity contribution in [1.29, 1.82) is 0 Å². The summed E-state index contributed by atoms with van der Waals surface area (Å²) < 4.78 is 27.1. The van der Waals surface area contributed by atoms with E-state index in [-0.39, 0.29) is 5.75 Å². The van der Waals surface area contributed by atoms with Crippen LogP contribution in [-0.2, 0) is 10.0 Å². The molecule has 7 heteroatoms. The van der Waals surface area contributed by atoms with Gasteiger partial charge >= 0.3 is 0 Å². The molecule has 1 aromatic heterocycles. The second-order valence-electron chi connectivity index (χ2n) is 8.33. The lowest BCUT2D eigenvalue weighted by Gasteiger charge is -2.35. The summed E-state index contributed by atoms with van der Waals surface area (Å²) in [7, 11) is -3.31. The molecule has 0 atom stereocenters. The number of rotatable bonds is 8. The Morgan fingerprint density at radius 2 is 1.69 bits per heavy atom. The number of pyridine rings is 1. The molecule has 0 bridgehead atoms. The number of anilines is 2. The standard InChI is InChI=1S/C25H32N4O2S/c1-3-5-18-32(30,31)27-22-12-10-20(11-13-22)24-19-21-8-6-7-9-23(21)25(26-24)29-16-14-28(4-2)15-17-29/h6-13,19,27H,3-5,14-18H2,1-2H3. The predicted octanol–water partition coefficient (Wildman–Crippen LogP) is 4.59. The van der Waals surface area contributed by atoms with Crippen molar-refractivity contribution in [3.63, 3.8) is 0 Å². The number of hydrogen-bond donors (Lipinski definition) is 1. The fourth-order valence-electron chi connectivity index (χ4n) is 4.12. The summed E-state index contributed by atoms with van der Waals surface area (Å²) >= 11 is 0. The molecule has 4 rings (SSSR count). The van der Waals surface area contributed by atoms with Gasteiger partial charge < -0.3 is 9.80 Å². The van der Waals surface area contributed by atoms with E-state index in [4.69, 9.17) is 4.98 Å². The topological polar surface area (TPSA) is 65.5 Å². The van der Waals surface area contributed by atoms with Crippen molar-refractivity contribution in [3.05, 3.63) is 54.6 Å². The summed E-state index contributed by atoms with van der Waals surface area (Å²) in [5.41, 5.74) is 2.46. The molecule has 0 spiro atoms. The number of nitrogens with zero attached hydrogens (tertiary/aromatic N) is 3. The molecule has 1 saturated heterocycles. The first kappa shape index (κ1) is 22.6. The third kappa shape index (κ3) is 5.22. The summed E-state index contributed by atoms with van der Waals surface area (Å²) in [5.74, 6) is 1.17. The zero-order valence-electron chi connectivity index (χ0n) is 18.9. The van der Waals surface area contributed by atoms with Crippen LogP contribution in [0.3, 0.4) is 0 Å². The van der Waals surface area contributed by atoms with Gasteiger partial charge in [0.25, 0.3) is 0 Å². The molecule has 0 unspecified atom stereocenters. The van der Waals surface area contributed by atoms with Crippen LogP contribution in [0.4, 0.5) is 11.5 Å². The van der Waals surface area contributed by atoms with Crippen molar-refractivity contribution in [3.8, 4) is 11.3 Å². The maximum atomic E-state index is 12.2. The summed E-state index contributed by atoms with van der Waals surface area (Å²) in [6, 6.07) is 18.0. The number of fused-ring (bicyclic) bond motifs is 1. The molecule has 2 heterocycles. The van der Waals surface area contributed by atoms with Crippen molar-refractivity contribution in [2.75, 3.05) is 48.1 Å². The number of hydrogen-bond acceptors (Lipinski definition) is 5. The molecule has 0 radical (unpaired) electrons. The average molecular weight is 453 g/mol. The fourth-order valence-corrected chi connectivity index (χ4v) is 5.39. The fraction of sp³-hybridized carbons (Fsp3) is 0.400. The third-order valence-corrected chi connectivity index (χ3v) is 7.43. The molecule has 170 valence electrons. The highest BCUT2D eigenvalue weighted by atomic mass is 32.2. The molecule has 1 N–H and O–H groups in total. The quantitative estimate of drug-likeness (QED) is 0.542. The van der Waals surface area contributed by atoms with Crippen LogP contribution in [-0.4, -0.2) is 56.8 Å². The Labute approximate surface area is 191 Å². The molecule has 1 aliphatic rings. The number of aromatic nitrogens is 1. The summed E-state index contributed by atoms with van der Waals surface area (Å²) in [6.45, 7) is 9.29. The Hall–Kier alpha value is -2.64. The minimum atomic E-state index is -3.31. The van der Waals surface area contributed by atoms with Crippen LogP contribution < -0.4 is 9.62 Å². The first-order valence-electron chi connectivity index (χ1n) is 11.5. The highest BCUT2D eigenvalue weighted by molar-refractivity contribution is 7.92. The van der Waals surface area contributed by atoms with E-state index in [0.29, 0.717) is 12.1 Å². The smallest absolute Gasteiger partial charge is 0.232 e. The lowest BCUT2D eigenvalue weighted by Crippen LogP contribution is -2.46. The van der Waals surface area contributed by atoms with Gasteiger partial charge in [0, 0.05) is 42.8 Å². The third-order valence-electron chi connectivity index (χ3n) is 6.06. The lowest BCUT2D eigenvalue weighted by atomic mass is 10.1. The molecule has 3 aromatic rings. The Kier molecular flexibility index (Phi) is 6.96. The average Bonchev–Trinajstić information content (AvgIpc) is 2.82. The first-order chi connectivity index (χ1) is 15.5. The van der Waals surface area contributed by atoms with Gasteiger partial charge in [0.2, 0.25) is 10.0 Å². The van der Waals surface area contributed by atoms with Gasteiger partial charge in [0.15, 0.2) is 0 Å². The SMILES string of the molecule is CCCCS(=O)(=O)Nc1ccc(-c2cc3ccccc3c(N3CCN(CC)CC3)n2)cc1. The van der Waals surface area contributed by atoms with Gasteiger partial charge in [-0.2, -0.15) is 0 Å². The maximum Gasteiger partial charge on any atom is 0.232 e. The number of benzene rings is 2. The van der Waals surface area contributed by atoms with Crippen LogP contribution in [0.2, 0.25) is 0 Å². The van der Waals surface area contributed by atoms with E-state index < -0.39 is 10.0 Å². The van der Waals surface area contributed by atoms with Gasteiger partial charge in [-0.25, -0.2) is 13.4 Å². The van der Waals surface area contributed by atoms with Crippen molar-refractivity contribution in [2.45, 2.75) is 26.7 Å². The second kappa shape index (κ2) is 9.88. The van der Waals surface area contributed by atoms with Crippen LogP contribution in [0.1, 0.15) is 26.7 Å². The van der Waals surface area contributed by atoms with E-state index in [9.17, 15) is 8.42 Å². The van der Waals surface area contributed by atoms with Crippen molar-refractivity contribution in [2.24, 2.45) is 0 Å². The van der Waals surface area contributed by atoms with Crippen LogP contribution in [0.25, 0.3) is 22.0 Å². The molecule has 1 aliphatic heterocycles. The van der Waals surface area contributed by atoms with Crippen LogP contribution in [0.15, 0.2) is 54.6 Å². The second-order valence-corrected chi connectivity index (χ2v) is 10.2. The lowest BCUT2D eigenvalue weighted by molar-refractivity contribution is 0.271. The largest absolute Gasteiger partial charge is 0.354 e. The number of sulfonamides is 1. The molecular weight excluding hydrogens is 420 g/mol. The van der Waals surface area contributed by atoms with Gasteiger partial charge in [-0.3, -0.25) is 4.72 Å². The minimum absolute atomic E-state index is 0.145. The molecule has 0 saturated carbocycles. The van der Waals surface area contributed by atoms with E-state index >= 15 is 0 Å². The minimum Gasteiger partial charge on any atom is -0.354 e. The van der Waals surface area contributed by atoms with Gasteiger partial charge in [0.05, 0.1) is 11.4 Å². The molecule has 1 fully saturated rings. The summed E-state index contributed by atoms with van der Waals surface area (Å²) in [4.78, 5) is 9.90. The van der Waals surface area contributed by atoms with Gasteiger partial charge in [-0.15, -0.1) is 0 Å². The highest BCUT2D eigenvalue weighted by Crippen LogP contribution is 2.31. The Morgan fingerprint density at radius 1 is 0.969 bits per heavy atom. The Bertz CT molecular complexity index is 1150. The Morgan fingerprint density at radius 3 is 2.38 bits per heavy atom. The highest BCUT2D eigenvalue weighted by Gasteiger charge is 2.20. The number of piperazine rings is 1.